The first-order valence-electron chi connectivity index (χ1n) is 7.09. The Balaban J connectivity index is 1.59. The largest absolute Gasteiger partial charge is 0.362 e. The molecule has 3 unspecified atom stereocenters. The van der Waals surface area contributed by atoms with E-state index in [9.17, 15) is 0 Å². The van der Waals surface area contributed by atoms with Gasteiger partial charge in [-0.05, 0) is 43.4 Å². The minimum Gasteiger partial charge on any atom is -0.362 e. The van der Waals surface area contributed by atoms with E-state index < -0.39 is 0 Å². The lowest BCUT2D eigenvalue weighted by atomic mass is 9.92. The zero-order valence-electron chi connectivity index (χ0n) is 11.0. The molecule has 2 saturated carbocycles. The maximum Gasteiger partial charge on any atom is 0.157 e. The first-order chi connectivity index (χ1) is 8.12. The molecule has 2 fully saturated rings. The van der Waals surface area contributed by atoms with Crippen LogP contribution in [0, 0.1) is 11.3 Å². The van der Waals surface area contributed by atoms with E-state index in [1.54, 1.807) is 0 Å². The fourth-order valence-electron chi connectivity index (χ4n) is 3.57. The highest BCUT2D eigenvalue weighted by Crippen LogP contribution is 2.38. The van der Waals surface area contributed by atoms with Gasteiger partial charge in [0.25, 0.3) is 0 Å². The minimum atomic E-state index is 0.535. The number of hydrogen-bond donors (Lipinski definition) is 1. The van der Waals surface area contributed by atoms with E-state index >= 15 is 0 Å². The summed E-state index contributed by atoms with van der Waals surface area (Å²) >= 11 is 1.97. The molecule has 0 aromatic carbocycles. The third kappa shape index (κ3) is 2.64. The summed E-state index contributed by atoms with van der Waals surface area (Å²) in [6.45, 7) is 4.77. The van der Waals surface area contributed by atoms with Gasteiger partial charge in [-0.3, -0.25) is 4.99 Å². The zero-order chi connectivity index (χ0) is 11.9. The van der Waals surface area contributed by atoms with Gasteiger partial charge in [-0.2, -0.15) is 0 Å². The average molecular weight is 252 g/mol. The van der Waals surface area contributed by atoms with Gasteiger partial charge in [-0.15, -0.1) is 0 Å². The van der Waals surface area contributed by atoms with E-state index in [0.29, 0.717) is 17.5 Å². The van der Waals surface area contributed by atoms with Gasteiger partial charge in [0.1, 0.15) is 0 Å². The van der Waals surface area contributed by atoms with Crippen molar-refractivity contribution < 1.29 is 0 Å². The highest BCUT2D eigenvalue weighted by Gasteiger charge is 2.34. The first kappa shape index (κ1) is 11.9. The van der Waals surface area contributed by atoms with Crippen LogP contribution < -0.4 is 5.32 Å². The lowest BCUT2D eigenvalue weighted by Gasteiger charge is -2.26. The number of amidine groups is 1. The number of fused-ring (bicyclic) bond motifs is 1. The standard InChI is InChI=1S/C14H24N2S/c1-14(2)7-6-11(8-14)15-13-16-12-5-3-4-10(12)9-17-13/h10-12H,3-9H2,1-2H3,(H,15,16). The van der Waals surface area contributed by atoms with E-state index in [1.165, 1.54) is 49.4 Å². The van der Waals surface area contributed by atoms with Crippen molar-refractivity contribution in [1.29, 1.82) is 0 Å². The van der Waals surface area contributed by atoms with Gasteiger partial charge in [0, 0.05) is 11.8 Å². The van der Waals surface area contributed by atoms with Gasteiger partial charge in [0.05, 0.1) is 6.04 Å². The van der Waals surface area contributed by atoms with Gasteiger partial charge < -0.3 is 5.32 Å². The van der Waals surface area contributed by atoms with Gasteiger partial charge in [-0.1, -0.05) is 32.0 Å². The summed E-state index contributed by atoms with van der Waals surface area (Å²) in [5, 5.41) is 4.95. The molecule has 0 radical (unpaired) electrons. The average Bonchev–Trinajstić information content (AvgIpc) is 2.84. The predicted molar refractivity (Wildman–Crippen MR) is 75.6 cm³/mol. The van der Waals surface area contributed by atoms with Crippen LogP contribution in [0.2, 0.25) is 0 Å². The molecule has 0 saturated heterocycles. The van der Waals surface area contributed by atoms with Gasteiger partial charge in [-0.25, -0.2) is 0 Å². The van der Waals surface area contributed by atoms with Crippen LogP contribution in [0.5, 0.6) is 0 Å². The van der Waals surface area contributed by atoms with Crippen molar-refractivity contribution in [2.75, 3.05) is 5.75 Å². The molecule has 0 bridgehead atoms. The monoisotopic (exact) mass is 252 g/mol. The normalized spacial score (nSPS) is 39.9. The van der Waals surface area contributed by atoms with Crippen LogP contribution in [0.1, 0.15) is 52.4 Å². The number of aliphatic imine (C=N–C) groups is 1. The van der Waals surface area contributed by atoms with E-state index in [4.69, 9.17) is 4.99 Å². The van der Waals surface area contributed by atoms with Gasteiger partial charge >= 0.3 is 0 Å². The van der Waals surface area contributed by atoms with Gasteiger partial charge in [0.15, 0.2) is 5.17 Å². The van der Waals surface area contributed by atoms with Crippen LogP contribution in [0.15, 0.2) is 4.99 Å². The third-order valence-corrected chi connectivity index (χ3v) is 5.72. The third-order valence-electron chi connectivity index (χ3n) is 4.63. The maximum absolute atomic E-state index is 4.92. The Morgan fingerprint density at radius 3 is 2.94 bits per heavy atom. The summed E-state index contributed by atoms with van der Waals surface area (Å²) in [4.78, 5) is 4.92. The lowest BCUT2D eigenvalue weighted by molar-refractivity contribution is 0.372. The fourth-order valence-corrected chi connectivity index (χ4v) is 4.79. The van der Waals surface area contributed by atoms with E-state index in [0.717, 1.165) is 5.92 Å². The topological polar surface area (TPSA) is 24.4 Å². The summed E-state index contributed by atoms with van der Waals surface area (Å²) in [7, 11) is 0. The molecule has 1 aliphatic heterocycles. The van der Waals surface area contributed by atoms with Crippen molar-refractivity contribution in [1.82, 2.24) is 5.32 Å². The molecule has 2 nitrogen and oxygen atoms in total. The Labute approximate surface area is 109 Å². The van der Waals surface area contributed by atoms with Gasteiger partial charge in [0.2, 0.25) is 0 Å². The Kier molecular flexibility index (Phi) is 3.14. The Morgan fingerprint density at radius 1 is 1.29 bits per heavy atom. The second kappa shape index (κ2) is 4.49. The van der Waals surface area contributed by atoms with Crippen molar-refractivity contribution in [3.8, 4) is 0 Å². The van der Waals surface area contributed by atoms with Crippen molar-refractivity contribution in [3.05, 3.63) is 0 Å². The molecule has 96 valence electrons. The highest BCUT2D eigenvalue weighted by molar-refractivity contribution is 8.13. The second-order valence-electron chi connectivity index (χ2n) is 6.75. The quantitative estimate of drug-likeness (QED) is 0.773. The molecule has 17 heavy (non-hydrogen) atoms. The van der Waals surface area contributed by atoms with Crippen molar-refractivity contribution in [3.63, 3.8) is 0 Å². The van der Waals surface area contributed by atoms with Crippen molar-refractivity contribution in [2.24, 2.45) is 16.3 Å². The molecule has 3 atom stereocenters. The number of nitrogens with one attached hydrogen (secondary N) is 1. The Morgan fingerprint density at radius 2 is 2.18 bits per heavy atom. The first-order valence-corrected chi connectivity index (χ1v) is 8.08. The van der Waals surface area contributed by atoms with Crippen LogP contribution in [-0.4, -0.2) is 23.0 Å². The molecule has 1 N–H and O–H groups in total. The fraction of sp³-hybridized carbons (Fsp3) is 0.929. The molecule has 0 aromatic rings. The Bertz CT molecular complexity index is 324. The van der Waals surface area contributed by atoms with Crippen LogP contribution in [0.3, 0.4) is 0 Å². The summed E-state index contributed by atoms with van der Waals surface area (Å²) in [5.74, 6) is 2.18. The summed E-state index contributed by atoms with van der Waals surface area (Å²) in [6.07, 6.45) is 8.11. The molecule has 3 rings (SSSR count). The molecule has 2 aliphatic carbocycles. The van der Waals surface area contributed by atoms with E-state index in [1.807, 2.05) is 11.8 Å². The molecular weight excluding hydrogens is 228 g/mol. The molecule has 3 aliphatic rings. The SMILES string of the molecule is CC1(C)CCC(NC2=NC3CCCC3CS2)C1. The van der Waals surface area contributed by atoms with Crippen LogP contribution in [-0.2, 0) is 0 Å². The number of hydrogen-bond acceptors (Lipinski definition) is 3. The predicted octanol–water partition coefficient (Wildman–Crippen LogP) is 3.43. The van der Waals surface area contributed by atoms with Crippen molar-refractivity contribution >= 4 is 16.9 Å². The van der Waals surface area contributed by atoms with E-state index in [-0.39, 0.29) is 0 Å². The molecular formula is C14H24N2S. The molecule has 0 amide bonds. The van der Waals surface area contributed by atoms with Crippen LogP contribution in [0.4, 0.5) is 0 Å². The maximum atomic E-state index is 4.92. The second-order valence-corrected chi connectivity index (χ2v) is 7.76. The molecule has 1 heterocycles. The smallest absolute Gasteiger partial charge is 0.157 e. The summed E-state index contributed by atoms with van der Waals surface area (Å²) in [5.41, 5.74) is 0.535. The lowest BCUT2D eigenvalue weighted by Crippen LogP contribution is -2.36. The molecule has 0 aromatic heterocycles. The molecule has 3 heteroatoms. The summed E-state index contributed by atoms with van der Waals surface area (Å²) < 4.78 is 0. The summed E-state index contributed by atoms with van der Waals surface area (Å²) in [6, 6.07) is 1.32. The van der Waals surface area contributed by atoms with Crippen LogP contribution in [0.25, 0.3) is 0 Å². The highest BCUT2D eigenvalue weighted by atomic mass is 32.2. The Hall–Kier alpha value is -0.180. The zero-order valence-corrected chi connectivity index (χ0v) is 11.9. The number of thioether (sulfide) groups is 1. The number of rotatable bonds is 1. The minimum absolute atomic E-state index is 0.535. The van der Waals surface area contributed by atoms with Crippen LogP contribution >= 0.6 is 11.8 Å². The van der Waals surface area contributed by atoms with Crippen molar-refractivity contribution in [2.45, 2.75) is 64.5 Å². The number of nitrogens with zero attached hydrogens (tertiary/aromatic N) is 1. The van der Waals surface area contributed by atoms with E-state index in [2.05, 4.69) is 19.2 Å². The molecule has 0 spiro atoms.